The summed E-state index contributed by atoms with van der Waals surface area (Å²) in [6, 6.07) is 6.35. The molecule has 21 heavy (non-hydrogen) atoms. The number of sulfonamides is 1. The van der Waals surface area contributed by atoms with E-state index in [-0.39, 0.29) is 21.2 Å². The maximum Gasteiger partial charge on any atom is 0.340 e. The highest BCUT2D eigenvalue weighted by Crippen LogP contribution is 2.33. The first-order valence-electron chi connectivity index (χ1n) is 5.70. The zero-order chi connectivity index (χ0) is 15.8. The van der Waals surface area contributed by atoms with Gasteiger partial charge < -0.3 is 5.11 Å². The second-order valence-corrected chi connectivity index (χ2v) is 7.70. The van der Waals surface area contributed by atoms with Gasteiger partial charge in [-0.2, -0.15) is 4.37 Å². The molecule has 1 N–H and O–H groups in total. The van der Waals surface area contributed by atoms with Gasteiger partial charge in [0.25, 0.3) is 10.0 Å². The average Bonchev–Trinajstić information content (AvgIpc) is 2.80. The largest absolute Gasteiger partial charge is 0.478 e. The van der Waals surface area contributed by atoms with Crippen LogP contribution < -0.4 is 4.31 Å². The lowest BCUT2D eigenvalue weighted by molar-refractivity contribution is 0.0697. The molecule has 0 saturated heterocycles. The molecule has 0 radical (unpaired) electrons. The second-order valence-electron chi connectivity index (χ2n) is 4.16. The van der Waals surface area contributed by atoms with Crippen LogP contribution in [0.1, 0.15) is 16.1 Å². The number of aryl methyl sites for hydroxylation is 1. The Morgan fingerprint density at radius 2 is 2.00 bits per heavy atom. The van der Waals surface area contributed by atoms with E-state index in [1.165, 1.54) is 20.0 Å². The molecule has 1 aromatic heterocycles. The molecule has 9 heteroatoms. The summed E-state index contributed by atoms with van der Waals surface area (Å²) in [5.41, 5.74) is 0.190. The normalized spacial score (nSPS) is 11.4. The van der Waals surface area contributed by atoms with Crippen molar-refractivity contribution in [2.45, 2.75) is 11.8 Å². The molecule has 0 fully saturated rings. The molecule has 0 unspecified atom stereocenters. The van der Waals surface area contributed by atoms with E-state index in [9.17, 15) is 18.3 Å². The fraction of sp³-hybridized carbons (Fsp3) is 0.167. The number of hydrogen-bond donors (Lipinski definition) is 1. The Bertz CT molecular complexity index is 801. The zero-order valence-electron chi connectivity index (χ0n) is 11.1. The standard InChI is InChI=1S/C12H11BrN2O4S2/c1-7-10(12(16)17)11(20-14-7)15(2)21(18,19)9-6-4-3-5-8(9)13/h3-6H,1-2H3,(H,16,17). The molecule has 0 saturated carbocycles. The van der Waals surface area contributed by atoms with Gasteiger partial charge in [0.1, 0.15) is 15.5 Å². The van der Waals surface area contributed by atoms with Crippen LogP contribution in [0.25, 0.3) is 0 Å². The number of carbonyl (C=O) groups is 1. The summed E-state index contributed by atoms with van der Waals surface area (Å²) < 4.78 is 30.5. The van der Waals surface area contributed by atoms with Crippen LogP contribution >= 0.6 is 27.5 Å². The van der Waals surface area contributed by atoms with Crippen molar-refractivity contribution in [3.63, 3.8) is 0 Å². The summed E-state index contributed by atoms with van der Waals surface area (Å²) in [7, 11) is -2.56. The number of rotatable bonds is 4. The lowest BCUT2D eigenvalue weighted by Crippen LogP contribution is -2.27. The Morgan fingerprint density at radius 3 is 2.57 bits per heavy atom. The maximum atomic E-state index is 12.6. The molecule has 6 nitrogen and oxygen atoms in total. The molecule has 2 rings (SSSR count). The highest BCUT2D eigenvalue weighted by atomic mass is 79.9. The number of carboxylic acid groups (broad SMARTS) is 1. The van der Waals surface area contributed by atoms with Crippen LogP contribution in [0, 0.1) is 6.92 Å². The van der Waals surface area contributed by atoms with Crippen LogP contribution in [0.3, 0.4) is 0 Å². The molecule has 2 aromatic rings. The molecular weight excluding hydrogens is 380 g/mol. The van der Waals surface area contributed by atoms with E-state index >= 15 is 0 Å². The van der Waals surface area contributed by atoms with Crippen molar-refractivity contribution in [1.82, 2.24) is 4.37 Å². The molecule has 0 aliphatic carbocycles. The van der Waals surface area contributed by atoms with Gasteiger partial charge in [-0.25, -0.2) is 13.2 Å². The lowest BCUT2D eigenvalue weighted by Gasteiger charge is -2.18. The monoisotopic (exact) mass is 390 g/mol. The van der Waals surface area contributed by atoms with Gasteiger partial charge >= 0.3 is 5.97 Å². The van der Waals surface area contributed by atoms with Crippen LogP contribution in [-0.2, 0) is 10.0 Å². The summed E-state index contributed by atoms with van der Waals surface area (Å²) in [4.78, 5) is 11.3. The van der Waals surface area contributed by atoms with Crippen LogP contribution in [0.2, 0.25) is 0 Å². The van der Waals surface area contributed by atoms with Crippen LogP contribution in [0.5, 0.6) is 0 Å². The van der Waals surface area contributed by atoms with E-state index < -0.39 is 16.0 Å². The number of benzene rings is 1. The summed E-state index contributed by atoms with van der Waals surface area (Å²) in [6.45, 7) is 1.53. The molecule has 0 bridgehead atoms. The summed E-state index contributed by atoms with van der Waals surface area (Å²) in [5.74, 6) is -1.20. The third-order valence-corrected chi connectivity index (χ3v) is 6.72. The van der Waals surface area contributed by atoms with E-state index in [1.807, 2.05) is 0 Å². The number of hydrogen-bond acceptors (Lipinski definition) is 5. The predicted octanol–water partition coefficient (Wildman–Crippen LogP) is 2.74. The molecule has 1 aromatic carbocycles. The first-order chi connectivity index (χ1) is 9.76. The lowest BCUT2D eigenvalue weighted by atomic mass is 10.2. The highest BCUT2D eigenvalue weighted by molar-refractivity contribution is 9.10. The number of nitrogens with zero attached hydrogens (tertiary/aromatic N) is 2. The Kier molecular flexibility index (Phi) is 4.35. The van der Waals surface area contributed by atoms with Crippen molar-refractivity contribution in [2.75, 3.05) is 11.4 Å². The molecule has 1 heterocycles. The topological polar surface area (TPSA) is 87.6 Å². The van der Waals surface area contributed by atoms with E-state index in [0.29, 0.717) is 4.47 Å². The minimum absolute atomic E-state index is 0.0647. The van der Waals surface area contributed by atoms with Gasteiger partial charge in [-0.15, -0.1) is 0 Å². The number of carboxylic acids is 1. The van der Waals surface area contributed by atoms with Crippen LogP contribution in [-0.4, -0.2) is 30.9 Å². The fourth-order valence-electron chi connectivity index (χ4n) is 1.73. The van der Waals surface area contributed by atoms with Crippen molar-refractivity contribution in [3.05, 3.63) is 40.0 Å². The smallest absolute Gasteiger partial charge is 0.340 e. The Morgan fingerprint density at radius 1 is 1.38 bits per heavy atom. The molecule has 0 amide bonds. The molecule has 0 aliphatic rings. The fourth-order valence-corrected chi connectivity index (χ4v) is 4.95. The van der Waals surface area contributed by atoms with E-state index in [1.54, 1.807) is 18.2 Å². The summed E-state index contributed by atoms with van der Waals surface area (Å²) in [5, 5.41) is 9.29. The first-order valence-corrected chi connectivity index (χ1v) is 8.70. The Balaban J connectivity index is 2.57. The molecule has 0 spiro atoms. The summed E-state index contributed by atoms with van der Waals surface area (Å²) >= 11 is 4.03. The van der Waals surface area contributed by atoms with E-state index in [4.69, 9.17) is 0 Å². The van der Waals surface area contributed by atoms with Gasteiger partial charge in [0.2, 0.25) is 0 Å². The van der Waals surface area contributed by atoms with Crippen LogP contribution in [0.15, 0.2) is 33.6 Å². The van der Waals surface area contributed by atoms with Crippen molar-refractivity contribution in [2.24, 2.45) is 0 Å². The second kappa shape index (κ2) is 5.74. The van der Waals surface area contributed by atoms with E-state index in [2.05, 4.69) is 20.3 Å². The average molecular weight is 391 g/mol. The highest BCUT2D eigenvalue weighted by Gasteiger charge is 2.29. The van der Waals surface area contributed by atoms with Gasteiger partial charge in [0, 0.05) is 11.5 Å². The van der Waals surface area contributed by atoms with Crippen molar-refractivity contribution >= 4 is 48.5 Å². The summed E-state index contributed by atoms with van der Waals surface area (Å²) in [6.07, 6.45) is 0. The van der Waals surface area contributed by atoms with Gasteiger partial charge in [0.15, 0.2) is 0 Å². The number of aromatic carboxylic acids is 1. The molecule has 0 atom stereocenters. The third-order valence-electron chi connectivity index (χ3n) is 2.82. The van der Waals surface area contributed by atoms with Gasteiger partial charge in [-0.05, 0) is 46.5 Å². The molecule has 0 aliphatic heterocycles. The maximum absolute atomic E-state index is 12.6. The van der Waals surface area contributed by atoms with Gasteiger partial charge in [0.05, 0.1) is 5.69 Å². The van der Waals surface area contributed by atoms with Crippen molar-refractivity contribution in [1.29, 1.82) is 0 Å². The quantitative estimate of drug-likeness (QED) is 0.866. The van der Waals surface area contributed by atoms with Gasteiger partial charge in [-0.1, -0.05) is 12.1 Å². The molecule has 112 valence electrons. The van der Waals surface area contributed by atoms with Crippen molar-refractivity contribution in [3.8, 4) is 0 Å². The number of anilines is 1. The minimum atomic E-state index is -3.87. The SMILES string of the molecule is Cc1nsc(N(C)S(=O)(=O)c2ccccc2Br)c1C(=O)O. The minimum Gasteiger partial charge on any atom is -0.478 e. The Hall–Kier alpha value is -1.45. The van der Waals surface area contributed by atoms with Crippen LogP contribution in [0.4, 0.5) is 5.00 Å². The Labute approximate surface area is 134 Å². The first kappa shape index (κ1) is 15.9. The number of halogens is 1. The van der Waals surface area contributed by atoms with E-state index in [0.717, 1.165) is 15.8 Å². The predicted molar refractivity (Wildman–Crippen MR) is 83.5 cm³/mol. The zero-order valence-corrected chi connectivity index (χ0v) is 14.3. The van der Waals surface area contributed by atoms with Crippen molar-refractivity contribution < 1.29 is 18.3 Å². The number of aromatic nitrogens is 1. The third kappa shape index (κ3) is 2.81. The van der Waals surface area contributed by atoms with Gasteiger partial charge in [-0.3, -0.25) is 4.31 Å². The molecular formula is C12H11BrN2O4S2.